The Hall–Kier alpha value is -4.06. The van der Waals surface area contributed by atoms with E-state index in [4.69, 9.17) is 6.57 Å². The summed E-state index contributed by atoms with van der Waals surface area (Å²) in [6.45, 7) is 14.1. The molecule has 0 bridgehead atoms. The van der Waals surface area contributed by atoms with Crippen LogP contribution >= 0.6 is 0 Å². The molecule has 0 spiro atoms. The Kier molecular flexibility index (Phi) is 7.21. The fourth-order valence-electron chi connectivity index (χ4n) is 5.85. The van der Waals surface area contributed by atoms with Gasteiger partial charge in [0.2, 0.25) is 12.2 Å². The van der Waals surface area contributed by atoms with Crippen LogP contribution in [0, 0.1) is 6.57 Å². The maximum atomic E-state index is 14.5. The topological polar surface area (TPSA) is 108 Å². The quantitative estimate of drug-likeness (QED) is 0.452. The summed E-state index contributed by atoms with van der Waals surface area (Å²) >= 11 is 0. The number of hydrogen-bond donors (Lipinski definition) is 2. The van der Waals surface area contributed by atoms with Crippen LogP contribution in [0.25, 0.3) is 4.85 Å². The molecule has 5 rings (SSSR count). The number of rotatable bonds is 5. The Morgan fingerprint density at radius 3 is 2.51 bits per heavy atom. The summed E-state index contributed by atoms with van der Waals surface area (Å²) in [5.41, 5.74) is 2.07. The van der Waals surface area contributed by atoms with E-state index in [-0.39, 0.29) is 35.5 Å². The largest absolute Gasteiger partial charge is 0.360 e. The van der Waals surface area contributed by atoms with Crippen LogP contribution in [0.4, 0.5) is 11.5 Å². The van der Waals surface area contributed by atoms with Gasteiger partial charge in [0, 0.05) is 23.0 Å². The Balaban J connectivity index is 1.66. The third-order valence-corrected chi connectivity index (χ3v) is 8.08. The third-order valence-electron chi connectivity index (χ3n) is 8.08. The number of nitrogens with one attached hydrogen (secondary N) is 2. The molecule has 2 aliphatic carbocycles. The van der Waals surface area contributed by atoms with Gasteiger partial charge in [-0.15, -0.1) is 4.98 Å². The highest BCUT2D eigenvalue weighted by Crippen LogP contribution is 2.40. The fourth-order valence-corrected chi connectivity index (χ4v) is 5.85. The van der Waals surface area contributed by atoms with Crippen LogP contribution in [0.2, 0.25) is 0 Å². The van der Waals surface area contributed by atoms with Crippen molar-refractivity contribution in [2.24, 2.45) is 0 Å². The average molecular weight is 526 g/mol. The van der Waals surface area contributed by atoms with Crippen molar-refractivity contribution in [2.45, 2.75) is 89.1 Å². The first kappa shape index (κ1) is 26.5. The lowest BCUT2D eigenvalue weighted by atomic mass is 9.76. The summed E-state index contributed by atoms with van der Waals surface area (Å²) in [5, 5.41) is 3.31. The highest BCUT2D eigenvalue weighted by atomic mass is 16.2. The van der Waals surface area contributed by atoms with E-state index in [1.165, 1.54) is 25.3 Å². The molecule has 1 fully saturated rings. The summed E-state index contributed by atoms with van der Waals surface area (Å²) in [4.78, 5) is 49.6. The number of anilines is 1. The number of hydrogen-bond acceptors (Lipinski definition) is 5. The molecule has 2 aliphatic rings. The minimum Gasteiger partial charge on any atom is -0.360 e. The van der Waals surface area contributed by atoms with Crippen molar-refractivity contribution in [3.63, 3.8) is 0 Å². The highest BCUT2D eigenvalue weighted by molar-refractivity contribution is 6.11. The lowest BCUT2D eigenvalue weighted by molar-refractivity contribution is -0.127. The van der Waals surface area contributed by atoms with Crippen molar-refractivity contribution in [2.75, 3.05) is 4.90 Å². The molecule has 0 saturated heterocycles. The van der Waals surface area contributed by atoms with Gasteiger partial charge in [0.1, 0.15) is 11.2 Å². The lowest BCUT2D eigenvalue weighted by Gasteiger charge is -2.46. The van der Waals surface area contributed by atoms with E-state index in [1.807, 2.05) is 24.3 Å². The van der Waals surface area contributed by atoms with E-state index in [0.29, 0.717) is 29.8 Å². The van der Waals surface area contributed by atoms with E-state index < -0.39 is 5.54 Å². The van der Waals surface area contributed by atoms with Crippen LogP contribution in [0.3, 0.4) is 0 Å². The Labute approximate surface area is 229 Å². The number of aromatic amines is 1. The van der Waals surface area contributed by atoms with Gasteiger partial charge < -0.3 is 15.1 Å². The first-order valence-electron chi connectivity index (χ1n) is 13.7. The summed E-state index contributed by atoms with van der Waals surface area (Å²) in [6, 6.07) is 7.91. The first-order valence-corrected chi connectivity index (χ1v) is 13.7. The van der Waals surface area contributed by atoms with Crippen molar-refractivity contribution in [3.05, 3.63) is 77.0 Å². The molecular formula is C30H35N7O2. The standard InChI is InChI=1S/C30H35N7O2/c1-29(2,3)20-10-12-22(13-11-20)37(27(38)25-17-32-18-33-25)30(28(39)36-21-8-6-5-7-9-21)15-14-24-23(16-30)26(31-4)35-19-34-24/h10-13,17-19,21H,5-9,14-16H2,1-3H3,(H,32,33)(H,36,39). The zero-order valence-corrected chi connectivity index (χ0v) is 22.8. The van der Waals surface area contributed by atoms with Gasteiger partial charge in [-0.3, -0.25) is 14.5 Å². The molecule has 202 valence electrons. The molecule has 2 N–H and O–H groups in total. The average Bonchev–Trinajstić information content (AvgIpc) is 3.48. The van der Waals surface area contributed by atoms with E-state index in [2.05, 4.69) is 50.9 Å². The van der Waals surface area contributed by atoms with Gasteiger partial charge in [0.25, 0.3) is 11.7 Å². The number of benzene rings is 1. The maximum Gasteiger partial charge on any atom is 0.277 e. The normalized spacial score (nSPS) is 19.5. The van der Waals surface area contributed by atoms with Crippen molar-refractivity contribution in [3.8, 4) is 0 Å². The molecule has 0 aliphatic heterocycles. The second kappa shape index (κ2) is 10.6. The van der Waals surface area contributed by atoms with E-state index in [0.717, 1.165) is 36.9 Å². The van der Waals surface area contributed by atoms with Crippen LogP contribution in [0.15, 0.2) is 43.1 Å². The van der Waals surface area contributed by atoms with E-state index in [1.54, 1.807) is 4.90 Å². The molecule has 2 heterocycles. The number of nitrogens with zero attached hydrogens (tertiary/aromatic N) is 5. The molecule has 1 saturated carbocycles. The minimum absolute atomic E-state index is 0.0595. The smallest absolute Gasteiger partial charge is 0.277 e. The monoisotopic (exact) mass is 525 g/mol. The summed E-state index contributed by atoms with van der Waals surface area (Å²) < 4.78 is 0. The molecule has 9 heteroatoms. The molecule has 9 nitrogen and oxygen atoms in total. The van der Waals surface area contributed by atoms with Crippen LogP contribution < -0.4 is 10.2 Å². The number of aryl methyl sites for hydroxylation is 1. The number of fused-ring (bicyclic) bond motifs is 1. The van der Waals surface area contributed by atoms with Crippen molar-refractivity contribution in [1.29, 1.82) is 0 Å². The number of H-pyrrole nitrogens is 1. The van der Waals surface area contributed by atoms with Crippen LogP contribution in [-0.4, -0.2) is 43.3 Å². The van der Waals surface area contributed by atoms with Crippen molar-refractivity contribution >= 4 is 23.3 Å². The summed E-state index contributed by atoms with van der Waals surface area (Å²) in [5.74, 6) is -0.321. The van der Waals surface area contributed by atoms with E-state index in [9.17, 15) is 9.59 Å². The zero-order chi connectivity index (χ0) is 27.6. The molecule has 1 unspecified atom stereocenters. The second-order valence-corrected chi connectivity index (χ2v) is 11.7. The molecule has 0 radical (unpaired) electrons. The van der Waals surface area contributed by atoms with Gasteiger partial charge >= 0.3 is 0 Å². The van der Waals surface area contributed by atoms with E-state index >= 15 is 0 Å². The summed E-state index contributed by atoms with van der Waals surface area (Å²) in [7, 11) is 0. The fraction of sp³-hybridized carbons (Fsp3) is 0.467. The summed E-state index contributed by atoms with van der Waals surface area (Å²) in [6.07, 6.45) is 10.5. The lowest BCUT2D eigenvalue weighted by Crippen LogP contribution is -2.65. The number of aromatic nitrogens is 4. The third kappa shape index (κ3) is 5.16. The first-order chi connectivity index (χ1) is 18.7. The van der Waals surface area contributed by atoms with Gasteiger partial charge in [-0.05, 0) is 55.2 Å². The van der Waals surface area contributed by atoms with Crippen molar-refractivity contribution < 1.29 is 9.59 Å². The Morgan fingerprint density at radius 1 is 1.13 bits per heavy atom. The molecule has 39 heavy (non-hydrogen) atoms. The predicted molar refractivity (Wildman–Crippen MR) is 149 cm³/mol. The predicted octanol–water partition coefficient (Wildman–Crippen LogP) is 5.07. The maximum absolute atomic E-state index is 14.5. The van der Waals surface area contributed by atoms with Gasteiger partial charge in [0.05, 0.1) is 12.5 Å². The molecule has 2 aromatic heterocycles. The zero-order valence-electron chi connectivity index (χ0n) is 22.8. The second-order valence-electron chi connectivity index (χ2n) is 11.7. The molecule has 3 aromatic rings. The molecule has 1 aromatic carbocycles. The van der Waals surface area contributed by atoms with Crippen LogP contribution in [-0.2, 0) is 23.1 Å². The van der Waals surface area contributed by atoms with Gasteiger partial charge in [-0.1, -0.05) is 58.7 Å². The highest BCUT2D eigenvalue weighted by Gasteiger charge is 2.51. The van der Waals surface area contributed by atoms with Gasteiger partial charge in [-0.2, -0.15) is 0 Å². The molecule has 1 atom stereocenters. The Morgan fingerprint density at radius 2 is 1.87 bits per heavy atom. The molecule has 2 amide bonds. The van der Waals surface area contributed by atoms with Gasteiger partial charge in [-0.25, -0.2) is 9.97 Å². The molecular weight excluding hydrogens is 490 g/mol. The number of carbonyl (C=O) groups is 2. The number of carbonyl (C=O) groups excluding carboxylic acids is 2. The van der Waals surface area contributed by atoms with Crippen molar-refractivity contribution in [1.82, 2.24) is 25.3 Å². The van der Waals surface area contributed by atoms with Crippen LogP contribution in [0.5, 0.6) is 0 Å². The van der Waals surface area contributed by atoms with Crippen LogP contribution in [0.1, 0.15) is 86.6 Å². The minimum atomic E-state index is -1.28. The number of amides is 2. The van der Waals surface area contributed by atoms with Gasteiger partial charge in [0.15, 0.2) is 0 Å². The number of imidazole rings is 1. The Bertz CT molecular complexity index is 1380. The SMILES string of the molecule is [C-]#[N+]c1ncnc2c1CC(C(=O)NC1CCCCC1)(N(C(=O)c1cnc[nH]1)c1ccc(C(C)(C)C)cc1)CC2.